The number of hydrogen-bond acceptors (Lipinski definition) is 4. The fourth-order valence-electron chi connectivity index (χ4n) is 2.06. The Morgan fingerprint density at radius 3 is 2.68 bits per heavy atom. The van der Waals surface area contributed by atoms with Crippen LogP contribution in [0.1, 0.15) is 5.56 Å². The standard InChI is InChI=1S/C17H15N3O2/c1-12-6-8-13(9-7-12)20-16(21)10-22-17-14-4-2-3-5-15(14)18-11-19-17/h2-9,11H,10H2,1H3,(H,20,21). The summed E-state index contributed by atoms with van der Waals surface area (Å²) < 4.78 is 5.51. The second-order valence-electron chi connectivity index (χ2n) is 4.90. The van der Waals surface area contributed by atoms with Crippen LogP contribution in [0.15, 0.2) is 54.9 Å². The van der Waals surface area contributed by atoms with Crippen molar-refractivity contribution >= 4 is 22.5 Å². The molecule has 0 spiro atoms. The average molecular weight is 293 g/mol. The summed E-state index contributed by atoms with van der Waals surface area (Å²) in [4.78, 5) is 20.2. The van der Waals surface area contributed by atoms with Crippen LogP contribution in [0.25, 0.3) is 10.9 Å². The van der Waals surface area contributed by atoms with Crippen molar-refractivity contribution in [1.29, 1.82) is 0 Å². The molecule has 0 radical (unpaired) electrons. The Labute approximate surface area is 128 Å². The van der Waals surface area contributed by atoms with Crippen LogP contribution in [-0.2, 0) is 4.79 Å². The van der Waals surface area contributed by atoms with Crippen molar-refractivity contribution in [2.45, 2.75) is 6.92 Å². The maximum Gasteiger partial charge on any atom is 0.262 e. The molecule has 1 aromatic heterocycles. The molecule has 1 heterocycles. The van der Waals surface area contributed by atoms with Crippen LogP contribution in [0.5, 0.6) is 5.88 Å². The Hall–Kier alpha value is -2.95. The van der Waals surface area contributed by atoms with Crippen LogP contribution < -0.4 is 10.1 Å². The van der Waals surface area contributed by atoms with E-state index in [1.54, 1.807) is 0 Å². The van der Waals surface area contributed by atoms with Crippen molar-refractivity contribution in [1.82, 2.24) is 9.97 Å². The molecule has 0 saturated carbocycles. The molecule has 22 heavy (non-hydrogen) atoms. The van der Waals surface area contributed by atoms with Crippen LogP contribution in [0.4, 0.5) is 5.69 Å². The van der Waals surface area contributed by atoms with Gasteiger partial charge in [-0.15, -0.1) is 0 Å². The Balaban J connectivity index is 1.66. The first kappa shape index (κ1) is 14.0. The van der Waals surface area contributed by atoms with E-state index in [0.717, 1.165) is 22.2 Å². The van der Waals surface area contributed by atoms with Crippen molar-refractivity contribution in [3.8, 4) is 5.88 Å². The van der Waals surface area contributed by atoms with E-state index in [1.807, 2.05) is 55.5 Å². The van der Waals surface area contributed by atoms with E-state index < -0.39 is 0 Å². The third-order valence-corrected chi connectivity index (χ3v) is 3.18. The highest BCUT2D eigenvalue weighted by atomic mass is 16.5. The minimum absolute atomic E-state index is 0.102. The number of hydrogen-bond donors (Lipinski definition) is 1. The minimum atomic E-state index is -0.230. The smallest absolute Gasteiger partial charge is 0.262 e. The van der Waals surface area contributed by atoms with Crippen LogP contribution in [-0.4, -0.2) is 22.5 Å². The fourth-order valence-corrected chi connectivity index (χ4v) is 2.06. The molecule has 0 aliphatic heterocycles. The van der Waals surface area contributed by atoms with Crippen LogP contribution in [0.3, 0.4) is 0 Å². The van der Waals surface area contributed by atoms with Crippen molar-refractivity contribution < 1.29 is 9.53 Å². The van der Waals surface area contributed by atoms with Crippen LogP contribution >= 0.6 is 0 Å². The summed E-state index contributed by atoms with van der Waals surface area (Å²) in [5.74, 6) is 0.177. The van der Waals surface area contributed by atoms with Crippen LogP contribution in [0, 0.1) is 6.92 Å². The number of aromatic nitrogens is 2. The summed E-state index contributed by atoms with van der Waals surface area (Å²) in [6.45, 7) is 1.89. The Kier molecular flexibility index (Phi) is 3.96. The predicted octanol–water partition coefficient (Wildman–Crippen LogP) is 2.96. The lowest BCUT2D eigenvalue weighted by molar-refractivity contribution is -0.118. The molecule has 2 aromatic carbocycles. The lowest BCUT2D eigenvalue weighted by Gasteiger charge is -2.08. The lowest BCUT2D eigenvalue weighted by Crippen LogP contribution is -2.20. The second kappa shape index (κ2) is 6.22. The zero-order chi connectivity index (χ0) is 15.4. The monoisotopic (exact) mass is 293 g/mol. The molecule has 1 amide bonds. The highest BCUT2D eigenvalue weighted by Crippen LogP contribution is 2.20. The molecule has 0 fully saturated rings. The zero-order valence-electron chi connectivity index (χ0n) is 12.1. The van der Waals surface area contributed by atoms with E-state index in [4.69, 9.17) is 4.74 Å². The van der Waals surface area contributed by atoms with Gasteiger partial charge in [-0.3, -0.25) is 4.79 Å². The summed E-state index contributed by atoms with van der Waals surface area (Å²) in [5.41, 5.74) is 2.67. The van der Waals surface area contributed by atoms with Gasteiger partial charge in [0, 0.05) is 5.69 Å². The first-order valence-corrected chi connectivity index (χ1v) is 6.91. The molecule has 5 heteroatoms. The summed E-state index contributed by atoms with van der Waals surface area (Å²) in [5, 5.41) is 3.57. The number of ether oxygens (including phenoxy) is 1. The summed E-state index contributed by atoms with van der Waals surface area (Å²) in [7, 11) is 0. The van der Waals surface area contributed by atoms with Gasteiger partial charge in [-0.05, 0) is 31.2 Å². The third-order valence-electron chi connectivity index (χ3n) is 3.18. The Bertz CT molecular complexity index is 795. The molecule has 3 rings (SSSR count). The number of anilines is 1. The van der Waals surface area contributed by atoms with E-state index in [0.29, 0.717) is 5.88 Å². The summed E-state index contributed by atoms with van der Waals surface area (Å²) in [6, 6.07) is 15.1. The molecule has 3 aromatic rings. The molecule has 0 aliphatic carbocycles. The summed E-state index contributed by atoms with van der Waals surface area (Å²) in [6.07, 6.45) is 1.43. The van der Waals surface area contributed by atoms with Gasteiger partial charge in [0.1, 0.15) is 6.33 Å². The highest BCUT2D eigenvalue weighted by Gasteiger charge is 2.07. The van der Waals surface area contributed by atoms with Gasteiger partial charge >= 0.3 is 0 Å². The van der Waals surface area contributed by atoms with Gasteiger partial charge in [0.2, 0.25) is 5.88 Å². The quantitative estimate of drug-likeness (QED) is 0.803. The molecule has 1 N–H and O–H groups in total. The van der Waals surface area contributed by atoms with Crippen molar-refractivity contribution in [2.75, 3.05) is 11.9 Å². The third kappa shape index (κ3) is 3.20. The number of para-hydroxylation sites is 1. The van der Waals surface area contributed by atoms with E-state index in [-0.39, 0.29) is 12.5 Å². The van der Waals surface area contributed by atoms with E-state index in [1.165, 1.54) is 6.33 Å². The highest BCUT2D eigenvalue weighted by molar-refractivity contribution is 5.92. The van der Waals surface area contributed by atoms with Crippen molar-refractivity contribution in [3.63, 3.8) is 0 Å². The molecule has 110 valence electrons. The molecule has 0 unspecified atom stereocenters. The topological polar surface area (TPSA) is 64.1 Å². The van der Waals surface area contributed by atoms with Crippen molar-refractivity contribution in [2.24, 2.45) is 0 Å². The number of nitrogens with zero attached hydrogens (tertiary/aromatic N) is 2. The largest absolute Gasteiger partial charge is 0.467 e. The van der Waals surface area contributed by atoms with Crippen LogP contribution in [0.2, 0.25) is 0 Å². The first-order chi connectivity index (χ1) is 10.7. The van der Waals surface area contributed by atoms with E-state index >= 15 is 0 Å². The Morgan fingerprint density at radius 1 is 1.09 bits per heavy atom. The number of nitrogens with one attached hydrogen (secondary N) is 1. The first-order valence-electron chi connectivity index (χ1n) is 6.91. The Morgan fingerprint density at radius 2 is 1.86 bits per heavy atom. The second-order valence-corrected chi connectivity index (χ2v) is 4.90. The maximum atomic E-state index is 11.9. The van der Waals surface area contributed by atoms with Gasteiger partial charge in [-0.1, -0.05) is 29.8 Å². The maximum absolute atomic E-state index is 11.9. The normalized spacial score (nSPS) is 10.4. The number of aryl methyl sites for hydroxylation is 1. The van der Waals surface area contributed by atoms with Gasteiger partial charge in [0.25, 0.3) is 5.91 Å². The predicted molar refractivity (Wildman–Crippen MR) is 84.8 cm³/mol. The number of rotatable bonds is 4. The number of carbonyl (C=O) groups excluding carboxylic acids is 1. The number of benzene rings is 2. The molecular formula is C17H15N3O2. The average Bonchev–Trinajstić information content (AvgIpc) is 2.55. The van der Waals surface area contributed by atoms with Crippen molar-refractivity contribution in [3.05, 3.63) is 60.4 Å². The molecule has 0 bridgehead atoms. The van der Waals surface area contributed by atoms with Gasteiger partial charge in [-0.25, -0.2) is 9.97 Å². The lowest BCUT2D eigenvalue weighted by atomic mass is 10.2. The van der Waals surface area contributed by atoms with E-state index in [9.17, 15) is 4.79 Å². The number of carbonyl (C=O) groups is 1. The minimum Gasteiger partial charge on any atom is -0.467 e. The zero-order valence-corrected chi connectivity index (χ0v) is 12.1. The molecular weight excluding hydrogens is 278 g/mol. The SMILES string of the molecule is Cc1ccc(NC(=O)COc2ncnc3ccccc23)cc1. The molecule has 0 aliphatic rings. The number of fused-ring (bicyclic) bond motifs is 1. The number of amides is 1. The molecule has 5 nitrogen and oxygen atoms in total. The molecule has 0 saturated heterocycles. The van der Waals surface area contributed by atoms with Gasteiger partial charge in [-0.2, -0.15) is 0 Å². The summed E-state index contributed by atoms with van der Waals surface area (Å²) >= 11 is 0. The van der Waals surface area contributed by atoms with Gasteiger partial charge in [0.15, 0.2) is 6.61 Å². The van der Waals surface area contributed by atoms with Gasteiger partial charge in [0.05, 0.1) is 10.9 Å². The molecule has 0 atom stereocenters. The van der Waals surface area contributed by atoms with Gasteiger partial charge < -0.3 is 10.1 Å². The van der Waals surface area contributed by atoms with E-state index in [2.05, 4.69) is 15.3 Å². The fraction of sp³-hybridized carbons (Fsp3) is 0.118.